The number of nitrogens with two attached hydrogens (primary N) is 3. The summed E-state index contributed by atoms with van der Waals surface area (Å²) in [5.74, 6) is -9.45. The van der Waals surface area contributed by atoms with E-state index in [9.17, 15) is 53.4 Å². The molecule has 1 aromatic carbocycles. The van der Waals surface area contributed by atoms with E-state index in [1.807, 2.05) is 6.92 Å². The Balaban J connectivity index is 1.93. The lowest BCUT2D eigenvalue weighted by molar-refractivity contribution is -0.145. The second-order valence-corrected chi connectivity index (χ2v) is 18.7. The van der Waals surface area contributed by atoms with Crippen LogP contribution in [0.15, 0.2) is 41.8 Å². The molecule has 0 unspecified atom stereocenters. The van der Waals surface area contributed by atoms with Crippen molar-refractivity contribution < 1.29 is 58.5 Å². The number of nitrogens with one attached hydrogen (secondary N) is 7. The van der Waals surface area contributed by atoms with E-state index >= 15 is 0 Å². The Bertz CT molecular complexity index is 2200. The van der Waals surface area contributed by atoms with E-state index < -0.39 is 120 Å². The standard InChI is InChI=1S/C48H75N13O12/c1-6-8-9-12-33(47(72)73)56-43(68)36-14-11-20-61(36)46(71)35(22-29-24-52-25-54-29)58-45(70)39(27(5)7-2)60-42(67)34(21-28-15-17-30(62)18-16-28)57-44(69)38(26(3)4)59-41(66)32(13-10-19-53-48(50)51)55-40(65)31(49)23-37(63)64/h15-18,24-27,31-36,38-39,62H,6-14,19-23,49H2,1-5H3,(H,52,54)(H,55,65)(H,56,68)(H,57,69)(H,58,70)(H,59,66)(H,60,67)(H,63,64)(H,72,73)(H4,50,51,53)/t27-,31-,32-,33-,34-,35-,36-,38-,39-/m0/s1. The number of unbranched alkanes of at least 4 members (excludes halogenated alkanes) is 2. The fourth-order valence-electron chi connectivity index (χ4n) is 8.12. The Kier molecular flexibility index (Phi) is 24.6. The fourth-order valence-corrected chi connectivity index (χ4v) is 8.12. The first-order chi connectivity index (χ1) is 34.6. The number of rotatable bonds is 31. The predicted molar refractivity (Wildman–Crippen MR) is 267 cm³/mol. The largest absolute Gasteiger partial charge is 0.508 e. The van der Waals surface area contributed by atoms with Gasteiger partial charge in [0.2, 0.25) is 41.4 Å². The third kappa shape index (κ3) is 19.7. The Morgan fingerprint density at radius 2 is 1.38 bits per heavy atom. The number of carboxylic acids is 2. The molecule has 1 aliphatic rings. The lowest BCUT2D eigenvalue weighted by Gasteiger charge is -2.32. The third-order valence-corrected chi connectivity index (χ3v) is 12.5. The maximum Gasteiger partial charge on any atom is 0.326 e. The number of carbonyl (C=O) groups excluding carboxylic acids is 7. The first-order valence-electron chi connectivity index (χ1n) is 24.7. The van der Waals surface area contributed by atoms with Crippen molar-refractivity contribution in [2.45, 2.75) is 160 Å². The second-order valence-electron chi connectivity index (χ2n) is 18.7. The number of carboxylic acid groups (broad SMARTS) is 2. The topological polar surface area (TPSA) is 409 Å². The number of aromatic nitrogens is 2. The molecule has 73 heavy (non-hydrogen) atoms. The number of aromatic hydroxyl groups is 1. The van der Waals surface area contributed by atoms with Gasteiger partial charge in [-0.25, -0.2) is 9.78 Å². The van der Waals surface area contributed by atoms with Gasteiger partial charge in [-0.1, -0.05) is 72.4 Å². The van der Waals surface area contributed by atoms with Crippen LogP contribution in [0, 0.1) is 11.8 Å². The minimum Gasteiger partial charge on any atom is -0.508 e. The number of aliphatic carboxylic acids is 2. The van der Waals surface area contributed by atoms with Crippen LogP contribution in [0.4, 0.5) is 0 Å². The van der Waals surface area contributed by atoms with E-state index in [2.05, 4.69) is 46.9 Å². The lowest BCUT2D eigenvalue weighted by atomic mass is 9.96. The van der Waals surface area contributed by atoms with Crippen LogP contribution in [0.2, 0.25) is 0 Å². The Morgan fingerprint density at radius 1 is 0.767 bits per heavy atom. The summed E-state index contributed by atoms with van der Waals surface area (Å²) in [6.45, 7) is 8.92. The van der Waals surface area contributed by atoms with Crippen molar-refractivity contribution in [2.75, 3.05) is 13.1 Å². The molecule has 1 saturated heterocycles. The van der Waals surface area contributed by atoms with Gasteiger partial charge >= 0.3 is 11.9 Å². The number of phenolic OH excluding ortho intramolecular Hbond substituents is 1. The predicted octanol–water partition coefficient (Wildman–Crippen LogP) is -0.977. The molecule has 7 amide bonds. The molecule has 1 fully saturated rings. The molecule has 1 aromatic heterocycles. The van der Waals surface area contributed by atoms with Crippen molar-refractivity contribution >= 4 is 59.2 Å². The molecular weight excluding hydrogens is 951 g/mol. The van der Waals surface area contributed by atoms with Gasteiger partial charge in [0.1, 0.15) is 48.0 Å². The average molecular weight is 1030 g/mol. The molecule has 0 aliphatic carbocycles. The molecule has 25 heteroatoms. The van der Waals surface area contributed by atoms with Gasteiger partial charge in [0.15, 0.2) is 5.96 Å². The van der Waals surface area contributed by atoms with Crippen LogP contribution < -0.4 is 49.1 Å². The SMILES string of the molecule is CCCCC[C@H](NC(=O)[C@@H]1CCCN1C(=O)[C@H](Cc1cnc[nH]1)NC(=O)[C@@H](NC(=O)[C@H](Cc1ccc(O)cc1)NC(=O)[C@@H](NC(=O)[C@H](CCCN=C(N)N)NC(=O)[C@@H](N)CC(=O)O)C(C)C)[C@@H](C)CC)C(=O)O. The number of aromatic amines is 1. The number of carbonyl (C=O) groups is 9. The molecule has 0 saturated carbocycles. The van der Waals surface area contributed by atoms with Crippen LogP contribution in [0.25, 0.3) is 0 Å². The van der Waals surface area contributed by atoms with E-state index in [-0.39, 0.29) is 63.3 Å². The summed E-state index contributed by atoms with van der Waals surface area (Å²) in [7, 11) is 0. The van der Waals surface area contributed by atoms with Gasteiger partial charge in [-0.2, -0.15) is 0 Å². The first-order valence-corrected chi connectivity index (χ1v) is 24.7. The maximum atomic E-state index is 14.5. The van der Waals surface area contributed by atoms with Crippen LogP contribution >= 0.6 is 0 Å². The molecule has 0 bridgehead atoms. The molecule has 25 nitrogen and oxygen atoms in total. The van der Waals surface area contributed by atoms with Gasteiger partial charge < -0.3 is 74.3 Å². The van der Waals surface area contributed by atoms with Crippen molar-refractivity contribution in [1.29, 1.82) is 0 Å². The Hall–Kier alpha value is -7.31. The summed E-state index contributed by atoms with van der Waals surface area (Å²) in [6.07, 6.45) is 5.45. The summed E-state index contributed by atoms with van der Waals surface area (Å²) in [5.41, 5.74) is 17.6. The molecule has 9 atom stereocenters. The van der Waals surface area contributed by atoms with Crippen molar-refractivity contribution in [2.24, 2.45) is 34.0 Å². The van der Waals surface area contributed by atoms with E-state index in [4.69, 9.17) is 22.3 Å². The number of hydrogen-bond acceptors (Lipinski definition) is 13. The highest BCUT2D eigenvalue weighted by molar-refractivity contribution is 5.98. The molecule has 2 heterocycles. The zero-order valence-corrected chi connectivity index (χ0v) is 42.2. The van der Waals surface area contributed by atoms with E-state index in [1.165, 1.54) is 41.7 Å². The maximum absolute atomic E-state index is 14.5. The van der Waals surface area contributed by atoms with E-state index in [0.717, 1.165) is 12.8 Å². The molecule has 0 radical (unpaired) electrons. The van der Waals surface area contributed by atoms with Crippen molar-refractivity contribution in [1.82, 2.24) is 46.8 Å². The smallest absolute Gasteiger partial charge is 0.326 e. The summed E-state index contributed by atoms with van der Waals surface area (Å²) < 4.78 is 0. The second kappa shape index (κ2) is 29.9. The van der Waals surface area contributed by atoms with Gasteiger partial charge in [-0.05, 0) is 61.6 Å². The van der Waals surface area contributed by atoms with Crippen molar-refractivity contribution in [3.63, 3.8) is 0 Å². The summed E-state index contributed by atoms with van der Waals surface area (Å²) >= 11 is 0. The summed E-state index contributed by atoms with van der Waals surface area (Å²) in [4.78, 5) is 134. The Morgan fingerprint density at radius 3 is 1.97 bits per heavy atom. The zero-order chi connectivity index (χ0) is 54.4. The normalized spacial score (nSPS) is 16.5. The van der Waals surface area contributed by atoms with Gasteiger partial charge in [-0.15, -0.1) is 0 Å². The fraction of sp³-hybridized carbons (Fsp3) is 0.604. The van der Waals surface area contributed by atoms with Gasteiger partial charge in [-0.3, -0.25) is 43.3 Å². The minimum absolute atomic E-state index is 0.0553. The third-order valence-electron chi connectivity index (χ3n) is 12.5. The summed E-state index contributed by atoms with van der Waals surface area (Å²) in [6, 6.07) is -4.53. The summed E-state index contributed by atoms with van der Waals surface area (Å²) in [5, 5.41) is 44.9. The Labute approximate surface area is 424 Å². The van der Waals surface area contributed by atoms with Crippen LogP contribution in [-0.2, 0) is 56.0 Å². The van der Waals surface area contributed by atoms with Crippen molar-refractivity contribution in [3.8, 4) is 5.75 Å². The zero-order valence-electron chi connectivity index (χ0n) is 42.2. The molecular formula is C48H75N13O12. The number of hydrogen-bond donors (Lipinski definition) is 13. The van der Waals surface area contributed by atoms with Crippen molar-refractivity contribution in [3.05, 3.63) is 48.0 Å². The number of benzene rings is 1. The number of nitrogens with zero attached hydrogens (tertiary/aromatic N) is 3. The average Bonchev–Trinajstić information content (AvgIpc) is 4.05. The number of phenols is 1. The minimum atomic E-state index is -1.51. The number of guanidine groups is 1. The van der Waals surface area contributed by atoms with E-state index in [0.29, 0.717) is 30.5 Å². The quantitative estimate of drug-likeness (QED) is 0.0245. The molecule has 2 aromatic rings. The van der Waals surface area contributed by atoms with Gasteiger partial charge in [0, 0.05) is 37.8 Å². The number of aliphatic imine (C=N–C) groups is 1. The number of likely N-dealkylation sites (tertiary alicyclic amines) is 1. The van der Waals surface area contributed by atoms with Crippen LogP contribution in [0.3, 0.4) is 0 Å². The number of imidazole rings is 1. The van der Waals surface area contributed by atoms with Gasteiger partial charge in [0.25, 0.3) is 0 Å². The molecule has 3 rings (SSSR count). The van der Waals surface area contributed by atoms with Crippen LogP contribution in [-0.4, -0.2) is 151 Å². The highest BCUT2D eigenvalue weighted by atomic mass is 16.4. The van der Waals surface area contributed by atoms with E-state index in [1.54, 1.807) is 27.7 Å². The van der Waals surface area contributed by atoms with Gasteiger partial charge in [0.05, 0.1) is 18.8 Å². The number of H-pyrrole nitrogens is 1. The molecule has 1 aliphatic heterocycles. The molecule has 0 spiro atoms. The first kappa shape index (κ1) is 60.0. The van der Waals surface area contributed by atoms with Crippen LogP contribution in [0.5, 0.6) is 5.75 Å². The lowest BCUT2D eigenvalue weighted by Crippen LogP contribution is -2.62. The molecule has 404 valence electrons. The monoisotopic (exact) mass is 1030 g/mol. The number of amides is 7. The molecule has 16 N–H and O–H groups in total. The van der Waals surface area contributed by atoms with Crippen LogP contribution in [0.1, 0.15) is 110 Å². The highest BCUT2D eigenvalue weighted by Crippen LogP contribution is 2.21. The highest BCUT2D eigenvalue weighted by Gasteiger charge is 2.41.